The van der Waals surface area contributed by atoms with Crippen LogP contribution in [0.15, 0.2) is 36.9 Å². The van der Waals surface area contributed by atoms with Crippen molar-refractivity contribution in [3.05, 3.63) is 47.5 Å². The van der Waals surface area contributed by atoms with Crippen LogP contribution >= 0.6 is 11.6 Å². The maximum atomic E-state index is 11.8. The van der Waals surface area contributed by atoms with Crippen LogP contribution in [0.2, 0.25) is 5.02 Å². The molecule has 0 saturated carbocycles. The van der Waals surface area contributed by atoms with Gasteiger partial charge in [-0.1, -0.05) is 11.6 Å². The van der Waals surface area contributed by atoms with Gasteiger partial charge < -0.3 is 10.1 Å². The zero-order valence-electron chi connectivity index (χ0n) is 9.96. The normalized spacial score (nSPS) is 10.0. The Morgan fingerprint density at radius 2 is 2.21 bits per heavy atom. The fourth-order valence-corrected chi connectivity index (χ4v) is 1.59. The zero-order chi connectivity index (χ0) is 13.8. The van der Waals surface area contributed by atoms with E-state index in [1.807, 2.05) is 0 Å². The molecule has 0 aliphatic carbocycles. The number of hydrogen-bond acceptors (Lipinski definition) is 4. The monoisotopic (exact) mass is 279 g/mol. The van der Waals surface area contributed by atoms with Gasteiger partial charge in [0.2, 0.25) is 0 Å². The number of carbonyl (C=O) groups is 2. The summed E-state index contributed by atoms with van der Waals surface area (Å²) in [5.41, 5.74) is 0.621. The van der Waals surface area contributed by atoms with E-state index in [1.165, 1.54) is 48.6 Å². The number of aromatic nitrogens is 2. The molecule has 0 saturated heterocycles. The second-order valence-corrected chi connectivity index (χ2v) is 3.99. The van der Waals surface area contributed by atoms with Crippen LogP contribution < -0.4 is 5.32 Å². The molecule has 0 aliphatic rings. The van der Waals surface area contributed by atoms with Crippen LogP contribution in [0.3, 0.4) is 0 Å². The molecule has 0 atom stereocenters. The van der Waals surface area contributed by atoms with Crippen LogP contribution in [0, 0.1) is 0 Å². The number of halogens is 1. The fourth-order valence-electron chi connectivity index (χ4n) is 1.42. The van der Waals surface area contributed by atoms with Gasteiger partial charge in [0.15, 0.2) is 0 Å². The Morgan fingerprint density at radius 3 is 2.84 bits per heavy atom. The van der Waals surface area contributed by atoms with Gasteiger partial charge in [-0.15, -0.1) is 0 Å². The SMILES string of the molecule is COC(=O)c1ccc(Cl)c(NC(=O)n2ccnc2)c1. The number of methoxy groups -OCH3 is 1. The molecule has 1 aromatic carbocycles. The van der Waals surface area contributed by atoms with Crippen LogP contribution in [0.25, 0.3) is 0 Å². The van der Waals surface area contributed by atoms with E-state index in [2.05, 4.69) is 15.0 Å². The van der Waals surface area contributed by atoms with E-state index in [0.29, 0.717) is 16.3 Å². The van der Waals surface area contributed by atoms with E-state index in [4.69, 9.17) is 11.6 Å². The minimum atomic E-state index is -0.505. The number of amides is 1. The van der Waals surface area contributed by atoms with Crippen LogP contribution in [-0.4, -0.2) is 28.7 Å². The Morgan fingerprint density at radius 1 is 1.42 bits per heavy atom. The summed E-state index contributed by atoms with van der Waals surface area (Å²) in [5, 5.41) is 2.90. The number of esters is 1. The quantitative estimate of drug-likeness (QED) is 0.857. The Labute approximate surface area is 114 Å². The van der Waals surface area contributed by atoms with Crippen molar-refractivity contribution in [1.82, 2.24) is 9.55 Å². The highest BCUT2D eigenvalue weighted by Crippen LogP contribution is 2.23. The number of ether oxygens (including phenoxy) is 1. The molecule has 1 N–H and O–H groups in total. The molecule has 0 fully saturated rings. The van der Waals surface area contributed by atoms with Gasteiger partial charge in [-0.05, 0) is 18.2 Å². The second kappa shape index (κ2) is 5.53. The number of nitrogens with zero attached hydrogens (tertiary/aromatic N) is 2. The van der Waals surface area contributed by atoms with Gasteiger partial charge in [0, 0.05) is 12.4 Å². The Bertz CT molecular complexity index is 611. The van der Waals surface area contributed by atoms with Crippen LogP contribution in [-0.2, 0) is 4.74 Å². The lowest BCUT2D eigenvalue weighted by Gasteiger charge is -2.08. The average Bonchev–Trinajstić information content (AvgIpc) is 2.94. The third-order valence-corrected chi connectivity index (χ3v) is 2.70. The molecule has 1 heterocycles. The van der Waals surface area contributed by atoms with Gasteiger partial charge in [-0.25, -0.2) is 14.6 Å². The third-order valence-electron chi connectivity index (χ3n) is 2.37. The first-order valence-corrected chi connectivity index (χ1v) is 5.67. The first kappa shape index (κ1) is 13.1. The lowest BCUT2D eigenvalue weighted by molar-refractivity contribution is 0.0600. The summed E-state index contributed by atoms with van der Waals surface area (Å²) in [6.07, 6.45) is 4.33. The van der Waals surface area contributed by atoms with E-state index in [-0.39, 0.29) is 0 Å². The van der Waals surface area contributed by atoms with E-state index < -0.39 is 12.0 Å². The third kappa shape index (κ3) is 2.92. The summed E-state index contributed by atoms with van der Waals surface area (Å²) >= 11 is 5.96. The number of carbonyl (C=O) groups excluding carboxylic acids is 2. The molecule has 1 aromatic heterocycles. The number of anilines is 1. The molecule has 1 amide bonds. The average molecular weight is 280 g/mol. The Kier molecular flexibility index (Phi) is 3.82. The van der Waals surface area contributed by atoms with Crippen molar-refractivity contribution >= 4 is 29.3 Å². The van der Waals surface area contributed by atoms with Crippen molar-refractivity contribution in [3.8, 4) is 0 Å². The van der Waals surface area contributed by atoms with Crippen LogP contribution in [0.4, 0.5) is 10.5 Å². The summed E-state index contributed by atoms with van der Waals surface area (Å²) in [6.45, 7) is 0. The van der Waals surface area contributed by atoms with Crippen molar-refractivity contribution in [1.29, 1.82) is 0 Å². The minimum Gasteiger partial charge on any atom is -0.465 e. The van der Waals surface area contributed by atoms with Crippen molar-refractivity contribution < 1.29 is 14.3 Å². The van der Waals surface area contributed by atoms with Gasteiger partial charge in [-0.3, -0.25) is 4.57 Å². The molecule has 0 unspecified atom stereocenters. The zero-order valence-corrected chi connectivity index (χ0v) is 10.7. The highest BCUT2D eigenvalue weighted by atomic mass is 35.5. The molecule has 19 heavy (non-hydrogen) atoms. The Hall–Kier alpha value is -2.34. The van der Waals surface area contributed by atoms with Crippen LogP contribution in [0.1, 0.15) is 10.4 Å². The topological polar surface area (TPSA) is 73.2 Å². The number of benzene rings is 1. The summed E-state index contributed by atoms with van der Waals surface area (Å²) in [4.78, 5) is 27.0. The van der Waals surface area contributed by atoms with E-state index >= 15 is 0 Å². The van der Waals surface area contributed by atoms with E-state index in [0.717, 1.165) is 0 Å². The molecular weight excluding hydrogens is 270 g/mol. The molecule has 0 spiro atoms. The fraction of sp³-hybridized carbons (Fsp3) is 0.0833. The standard InChI is InChI=1S/C12H10ClN3O3/c1-19-11(17)8-2-3-9(13)10(6-8)15-12(18)16-5-4-14-7-16/h2-7H,1H3,(H,15,18). The van der Waals surface area contributed by atoms with Gasteiger partial charge in [0.25, 0.3) is 0 Å². The van der Waals surface area contributed by atoms with Gasteiger partial charge >= 0.3 is 12.0 Å². The van der Waals surface area contributed by atoms with E-state index in [9.17, 15) is 9.59 Å². The number of imidazole rings is 1. The summed E-state index contributed by atoms with van der Waals surface area (Å²) < 4.78 is 5.85. The minimum absolute atomic E-state index is 0.299. The molecule has 0 aliphatic heterocycles. The molecule has 0 radical (unpaired) electrons. The molecule has 98 valence electrons. The summed E-state index contributed by atoms with van der Waals surface area (Å²) in [7, 11) is 1.28. The molecular formula is C12H10ClN3O3. The molecule has 2 aromatic rings. The first-order valence-electron chi connectivity index (χ1n) is 5.29. The summed E-state index contributed by atoms with van der Waals surface area (Å²) in [6, 6.07) is 4.04. The number of rotatable bonds is 2. The van der Waals surface area contributed by atoms with Crippen molar-refractivity contribution in [2.45, 2.75) is 0 Å². The molecule has 7 heteroatoms. The maximum absolute atomic E-state index is 11.8. The van der Waals surface area contributed by atoms with Gasteiger partial charge in [0.1, 0.15) is 6.33 Å². The predicted octanol–water partition coefficient (Wildman–Crippen LogP) is 2.40. The van der Waals surface area contributed by atoms with Gasteiger partial charge in [-0.2, -0.15) is 0 Å². The molecule has 2 rings (SSSR count). The molecule has 6 nitrogen and oxygen atoms in total. The maximum Gasteiger partial charge on any atom is 0.337 e. The lowest BCUT2D eigenvalue weighted by Crippen LogP contribution is -2.18. The van der Waals surface area contributed by atoms with Crippen LogP contribution in [0.5, 0.6) is 0 Å². The Balaban J connectivity index is 2.24. The first-order chi connectivity index (χ1) is 9.11. The molecule has 0 bridgehead atoms. The highest BCUT2D eigenvalue weighted by Gasteiger charge is 2.11. The van der Waals surface area contributed by atoms with E-state index in [1.54, 1.807) is 0 Å². The second-order valence-electron chi connectivity index (χ2n) is 3.59. The lowest BCUT2D eigenvalue weighted by atomic mass is 10.2. The van der Waals surface area contributed by atoms with Crippen molar-refractivity contribution in [2.24, 2.45) is 0 Å². The van der Waals surface area contributed by atoms with Crippen molar-refractivity contribution in [2.75, 3.05) is 12.4 Å². The highest BCUT2D eigenvalue weighted by molar-refractivity contribution is 6.33. The van der Waals surface area contributed by atoms with Crippen molar-refractivity contribution in [3.63, 3.8) is 0 Å². The number of hydrogen-bond donors (Lipinski definition) is 1. The largest absolute Gasteiger partial charge is 0.465 e. The predicted molar refractivity (Wildman–Crippen MR) is 69.4 cm³/mol. The number of nitrogens with one attached hydrogen (secondary N) is 1. The smallest absolute Gasteiger partial charge is 0.337 e. The van der Waals surface area contributed by atoms with Gasteiger partial charge in [0.05, 0.1) is 23.4 Å². The summed E-state index contributed by atoms with van der Waals surface area (Å²) in [5.74, 6) is -0.505.